The number of nitrogen functional groups attached to an aromatic ring is 1. The summed E-state index contributed by atoms with van der Waals surface area (Å²) in [6, 6.07) is 0. The molecule has 2 bridgehead atoms. The molecule has 238 valence electrons. The van der Waals surface area contributed by atoms with Crippen molar-refractivity contribution in [1.29, 1.82) is 0 Å². The molecule has 0 aliphatic carbocycles. The Morgan fingerprint density at radius 2 is 1.93 bits per heavy atom. The van der Waals surface area contributed by atoms with Crippen LogP contribution >= 0.6 is 25.8 Å². The Morgan fingerprint density at radius 1 is 1.16 bits per heavy atom. The maximum atomic E-state index is 16.0. The number of aliphatic imine (C=N–C) groups is 2. The van der Waals surface area contributed by atoms with Crippen molar-refractivity contribution < 1.29 is 41.4 Å². The van der Waals surface area contributed by atoms with Crippen LogP contribution in [0.25, 0.3) is 11.2 Å². The van der Waals surface area contributed by atoms with Gasteiger partial charge in [-0.2, -0.15) is 0 Å². The number of hydrogen-bond acceptors (Lipinski definition) is 15. The molecule has 6 rings (SSSR count). The second kappa shape index (κ2) is 12.1. The van der Waals surface area contributed by atoms with Gasteiger partial charge in [-0.3, -0.25) is 23.2 Å². The Kier molecular flexibility index (Phi) is 8.66. The molecule has 23 heteroatoms. The Labute approximate surface area is 258 Å². The number of nitrogens with zero attached hydrogens (tertiary/aromatic N) is 8. The minimum Gasteiger partial charge on any atom is -0.382 e. The lowest BCUT2D eigenvalue weighted by molar-refractivity contribution is -0.0585. The molecule has 0 saturated carbocycles. The summed E-state index contributed by atoms with van der Waals surface area (Å²) in [5, 5.41) is 0. The topological polar surface area (TPSA) is 231 Å². The molecule has 5 N–H and O–H groups in total. The number of thiol groups is 1. The fourth-order valence-corrected chi connectivity index (χ4v) is 8.06. The van der Waals surface area contributed by atoms with Crippen molar-refractivity contribution in [1.82, 2.24) is 29.1 Å². The number of nitrogens with two attached hydrogens (primary N) is 2. The number of rotatable bonds is 4. The zero-order chi connectivity index (χ0) is 31.4. The van der Waals surface area contributed by atoms with E-state index < -0.39 is 63.2 Å². The summed E-state index contributed by atoms with van der Waals surface area (Å²) in [5.41, 5.74) is 12.6. The zero-order valence-corrected chi connectivity index (χ0v) is 26.3. The van der Waals surface area contributed by atoms with Crippen molar-refractivity contribution in [3.8, 4) is 0 Å². The monoisotopic (exact) mass is 692 g/mol. The third-order valence-corrected chi connectivity index (χ3v) is 10.3. The van der Waals surface area contributed by atoms with Gasteiger partial charge in [0.05, 0.1) is 32.0 Å². The van der Waals surface area contributed by atoms with Gasteiger partial charge in [0.1, 0.15) is 41.7 Å². The predicted molar refractivity (Wildman–Crippen MR) is 160 cm³/mol. The van der Waals surface area contributed by atoms with Crippen LogP contribution in [0.4, 0.5) is 16.0 Å². The maximum Gasteiger partial charge on any atom is 0.386 e. The van der Waals surface area contributed by atoms with E-state index in [0.29, 0.717) is 11.2 Å². The van der Waals surface area contributed by atoms with Gasteiger partial charge in [-0.15, -0.1) is 0 Å². The van der Waals surface area contributed by atoms with E-state index in [9.17, 15) is 9.46 Å². The number of halogens is 1. The molecule has 3 fully saturated rings. The highest BCUT2D eigenvalue weighted by molar-refractivity contribution is 8.44. The number of fused-ring (bicyclic) bond motifs is 4. The van der Waals surface area contributed by atoms with Crippen molar-refractivity contribution in [2.75, 3.05) is 26.0 Å². The molecular weight excluding hydrogens is 665 g/mol. The lowest BCUT2D eigenvalue weighted by Crippen LogP contribution is -2.34. The van der Waals surface area contributed by atoms with Gasteiger partial charge in [-0.05, 0) is 18.5 Å². The first-order valence-corrected chi connectivity index (χ1v) is 18.2. The number of anilines is 1. The summed E-state index contributed by atoms with van der Waals surface area (Å²) in [5.74, 6) is 0.244. The number of ether oxygens (including phenoxy) is 2. The van der Waals surface area contributed by atoms with Crippen molar-refractivity contribution in [3.63, 3.8) is 0 Å². The normalized spacial score (nSPS) is 36.8. The summed E-state index contributed by atoms with van der Waals surface area (Å²) in [4.78, 5) is 35.4. The van der Waals surface area contributed by atoms with Gasteiger partial charge in [-0.25, -0.2) is 33.9 Å². The number of imidazole rings is 2. The highest BCUT2D eigenvalue weighted by atomic mass is 32.7. The van der Waals surface area contributed by atoms with Crippen LogP contribution in [0.5, 0.6) is 0 Å². The third-order valence-electron chi connectivity index (χ3n) is 7.10. The van der Waals surface area contributed by atoms with Crippen LogP contribution in [0.1, 0.15) is 24.6 Å². The van der Waals surface area contributed by atoms with Crippen molar-refractivity contribution >= 4 is 72.9 Å². The minimum atomic E-state index is -4.24. The van der Waals surface area contributed by atoms with Crippen molar-refractivity contribution in [3.05, 3.63) is 24.7 Å². The van der Waals surface area contributed by atoms with Gasteiger partial charge < -0.3 is 34.9 Å². The van der Waals surface area contributed by atoms with Crippen LogP contribution < -0.4 is 11.5 Å². The first kappa shape index (κ1) is 31.6. The van der Waals surface area contributed by atoms with E-state index in [4.69, 9.17) is 50.8 Å². The van der Waals surface area contributed by atoms with Crippen LogP contribution in [0, 0.1) is 0 Å². The summed E-state index contributed by atoms with van der Waals surface area (Å²) in [6.07, 6.45) is -4.83. The second-order valence-electron chi connectivity index (χ2n) is 9.81. The predicted octanol–water partition coefficient (Wildman–Crippen LogP) is 1.57. The van der Waals surface area contributed by atoms with Crippen LogP contribution in [-0.2, 0) is 43.9 Å². The molecule has 2 unspecified atom stereocenters. The van der Waals surface area contributed by atoms with Gasteiger partial charge in [-0.1, -0.05) is 12.2 Å². The molecule has 18 nitrogen and oxygen atoms in total. The van der Waals surface area contributed by atoms with E-state index in [1.807, 2.05) is 0 Å². The molecule has 44 heavy (non-hydrogen) atoms. The average Bonchev–Trinajstić information content (AvgIpc) is 3.75. The zero-order valence-electron chi connectivity index (χ0n) is 22.8. The largest absolute Gasteiger partial charge is 0.386 e. The van der Waals surface area contributed by atoms with Gasteiger partial charge in [0.25, 0.3) is 0 Å². The van der Waals surface area contributed by atoms with E-state index in [2.05, 4.69) is 48.9 Å². The molecule has 3 aliphatic rings. The van der Waals surface area contributed by atoms with Gasteiger partial charge in [0.2, 0.25) is 0 Å². The lowest BCUT2D eigenvalue weighted by Gasteiger charge is -2.27. The van der Waals surface area contributed by atoms with Gasteiger partial charge >= 0.3 is 13.5 Å². The van der Waals surface area contributed by atoms with E-state index in [-0.39, 0.29) is 36.2 Å². The second-order valence-corrected chi connectivity index (χ2v) is 15.5. The molecule has 6 heterocycles. The summed E-state index contributed by atoms with van der Waals surface area (Å²) in [7, 11) is 1.45. The fraction of sp³-hybridized carbons (Fsp3) is 0.524. The molecule has 3 aromatic rings. The van der Waals surface area contributed by atoms with Crippen molar-refractivity contribution in [2.24, 2.45) is 15.7 Å². The van der Waals surface area contributed by atoms with Gasteiger partial charge in [0.15, 0.2) is 35.9 Å². The van der Waals surface area contributed by atoms with Crippen molar-refractivity contribution in [2.45, 2.75) is 49.5 Å². The molecule has 9 atom stereocenters. The molecule has 3 saturated heterocycles. The SMILES string of the molecule is C=Nc1c(C(N)=NC)ncn1[C@@H]1O[C@@H]2COP(O)(=S)O[C@@H]3C[C@@H](COP(=O)(S)O[C@H]2[C@H]1F)O[C@H]3n1cnc2c(N)ncnc21. The number of hydrogen-bond donors (Lipinski definition) is 4. The number of amidine groups is 1. The molecule has 3 aliphatic heterocycles. The lowest BCUT2D eigenvalue weighted by atomic mass is 10.1. The highest BCUT2D eigenvalue weighted by Gasteiger charge is 2.52. The van der Waals surface area contributed by atoms with E-state index >= 15 is 4.39 Å². The standard InChI is InChI=1S/C21H27FN10O8P2S2/c1-25-16(23)13-18(26-2)31(7-29-13)21-12(22)15-11(38-21)5-36-41(33,43)39-10-3-9(4-35-42(34,44)40-15)37-20(10)32-8-30-14-17(24)27-6-28-19(14)32/h6-12,15,20-21H,2-5H2,1H3,(H2,23,25)(H,33,43)(H,34,44)(H2,24,27,28)/t9-,10+,11+,12+,15+,20+,21+,41?,42?/m0/s1. The van der Waals surface area contributed by atoms with Crippen LogP contribution in [0.3, 0.4) is 0 Å². The van der Waals surface area contributed by atoms with Crippen LogP contribution in [0.15, 0.2) is 29.0 Å². The summed E-state index contributed by atoms with van der Waals surface area (Å²) in [6.45, 7) is -5.61. The molecule has 3 aromatic heterocycles. The smallest absolute Gasteiger partial charge is 0.382 e. The Hall–Kier alpha value is -2.42. The van der Waals surface area contributed by atoms with E-state index in [1.54, 1.807) is 0 Å². The van der Waals surface area contributed by atoms with E-state index in [0.717, 1.165) is 0 Å². The maximum absolute atomic E-state index is 16.0. The van der Waals surface area contributed by atoms with E-state index in [1.165, 1.54) is 35.2 Å². The average molecular weight is 693 g/mol. The first-order chi connectivity index (χ1) is 20.9. The summed E-state index contributed by atoms with van der Waals surface area (Å²) < 4.78 is 66.7. The van der Waals surface area contributed by atoms with Gasteiger partial charge in [0, 0.05) is 13.5 Å². The molecular formula is C21H27FN10O8P2S2. The fourth-order valence-electron chi connectivity index (χ4n) is 5.11. The van der Waals surface area contributed by atoms with Crippen LogP contribution in [0.2, 0.25) is 0 Å². The number of aromatic nitrogens is 6. The Balaban J connectivity index is 1.29. The molecule has 0 radical (unpaired) electrons. The quantitative estimate of drug-likeness (QED) is 0.132. The Bertz CT molecular complexity index is 1710. The molecule has 0 amide bonds. The first-order valence-electron chi connectivity index (χ1n) is 12.9. The molecule has 0 aromatic carbocycles. The Morgan fingerprint density at radius 3 is 2.68 bits per heavy atom. The minimum absolute atomic E-state index is 0.0304. The third kappa shape index (κ3) is 5.94. The number of alkyl halides is 1. The van der Waals surface area contributed by atoms with Crippen LogP contribution in [-0.4, -0.2) is 97.4 Å². The molecule has 0 spiro atoms. The summed E-state index contributed by atoms with van der Waals surface area (Å²) >= 11 is 9.37. The highest BCUT2D eigenvalue weighted by Crippen LogP contribution is 2.58.